The number of hydrogen-bond acceptors (Lipinski definition) is 4. The summed E-state index contributed by atoms with van der Waals surface area (Å²) in [7, 11) is 3.93. The van der Waals surface area contributed by atoms with Gasteiger partial charge in [-0.25, -0.2) is 0 Å². The Balaban J connectivity index is 1.88. The summed E-state index contributed by atoms with van der Waals surface area (Å²) < 4.78 is 5.47. The van der Waals surface area contributed by atoms with Crippen LogP contribution in [0.2, 0.25) is 5.02 Å². The first-order chi connectivity index (χ1) is 10.0. The summed E-state index contributed by atoms with van der Waals surface area (Å²) in [5.74, 6) is 0.655. The number of amides is 1. The molecule has 0 bridgehead atoms. The van der Waals surface area contributed by atoms with E-state index in [0.717, 1.165) is 0 Å². The number of likely N-dealkylation sites (tertiary alicyclic amines) is 1. The number of rotatable bonds is 5. The van der Waals surface area contributed by atoms with E-state index in [9.17, 15) is 9.90 Å². The van der Waals surface area contributed by atoms with Crippen molar-refractivity contribution < 1.29 is 14.6 Å². The molecule has 1 heterocycles. The molecule has 1 amide bonds. The van der Waals surface area contributed by atoms with Crippen LogP contribution >= 0.6 is 11.6 Å². The van der Waals surface area contributed by atoms with E-state index in [1.165, 1.54) is 0 Å². The Labute approximate surface area is 130 Å². The highest BCUT2D eigenvalue weighted by Gasteiger charge is 2.35. The van der Waals surface area contributed by atoms with Crippen LogP contribution in [-0.4, -0.2) is 67.3 Å². The maximum absolute atomic E-state index is 12.2. The molecule has 116 valence electrons. The summed E-state index contributed by atoms with van der Waals surface area (Å²) in [6.07, 6.45) is 0. The average molecular weight is 313 g/mol. The van der Waals surface area contributed by atoms with E-state index in [1.54, 1.807) is 29.2 Å². The van der Waals surface area contributed by atoms with Crippen LogP contribution < -0.4 is 4.74 Å². The second-order valence-corrected chi connectivity index (χ2v) is 5.95. The molecule has 1 aliphatic heterocycles. The number of halogens is 1. The topological polar surface area (TPSA) is 53.0 Å². The molecule has 21 heavy (non-hydrogen) atoms. The number of carbonyl (C=O) groups excluding carboxylic acids is 1. The van der Waals surface area contributed by atoms with Crippen LogP contribution in [0.25, 0.3) is 0 Å². The van der Waals surface area contributed by atoms with Gasteiger partial charge in [-0.2, -0.15) is 0 Å². The van der Waals surface area contributed by atoms with Gasteiger partial charge in [0, 0.05) is 36.7 Å². The molecule has 0 spiro atoms. The smallest absolute Gasteiger partial charge is 0.260 e. The van der Waals surface area contributed by atoms with E-state index in [0.29, 0.717) is 23.9 Å². The standard InChI is InChI=1S/C15H21ClN2O3/c1-17(2)14-8-18(7-11(14)9-19)15(20)10-21-13-5-3-12(16)4-6-13/h3-6,11,14,19H,7-10H2,1-2H3/t11-,14+/m0/s1. The minimum Gasteiger partial charge on any atom is -0.484 e. The number of carbonyl (C=O) groups is 1. The van der Waals surface area contributed by atoms with Crippen molar-refractivity contribution in [3.05, 3.63) is 29.3 Å². The highest BCUT2D eigenvalue weighted by Crippen LogP contribution is 2.21. The second-order valence-electron chi connectivity index (χ2n) is 5.51. The molecule has 2 rings (SSSR count). The Morgan fingerprint density at radius 1 is 1.38 bits per heavy atom. The van der Waals surface area contributed by atoms with Crippen LogP contribution in [0, 0.1) is 5.92 Å². The number of likely N-dealkylation sites (N-methyl/N-ethyl adjacent to an activating group) is 1. The molecular weight excluding hydrogens is 292 g/mol. The van der Waals surface area contributed by atoms with Crippen LogP contribution in [0.3, 0.4) is 0 Å². The molecule has 0 aromatic heterocycles. The molecule has 1 aliphatic rings. The molecule has 0 radical (unpaired) electrons. The van der Waals surface area contributed by atoms with Crippen molar-refractivity contribution in [1.82, 2.24) is 9.80 Å². The molecule has 1 aromatic carbocycles. The zero-order chi connectivity index (χ0) is 15.4. The summed E-state index contributed by atoms with van der Waals surface area (Å²) in [6, 6.07) is 7.11. The minimum absolute atomic E-state index is 0.0000699. The highest BCUT2D eigenvalue weighted by atomic mass is 35.5. The quantitative estimate of drug-likeness (QED) is 0.884. The summed E-state index contributed by atoms with van der Waals surface area (Å²) in [5, 5.41) is 10.0. The molecule has 5 nitrogen and oxygen atoms in total. The lowest BCUT2D eigenvalue weighted by molar-refractivity contribution is -0.132. The van der Waals surface area contributed by atoms with Crippen molar-refractivity contribution in [3.63, 3.8) is 0 Å². The number of benzene rings is 1. The summed E-state index contributed by atoms with van der Waals surface area (Å²) >= 11 is 5.80. The maximum Gasteiger partial charge on any atom is 0.260 e. The Hall–Kier alpha value is -1.30. The SMILES string of the molecule is CN(C)[C@@H]1CN(C(=O)COc2ccc(Cl)cc2)C[C@H]1CO. The van der Waals surface area contributed by atoms with Crippen molar-refractivity contribution in [2.24, 2.45) is 5.92 Å². The Morgan fingerprint density at radius 2 is 2.05 bits per heavy atom. The lowest BCUT2D eigenvalue weighted by atomic mass is 10.0. The zero-order valence-corrected chi connectivity index (χ0v) is 13.1. The van der Waals surface area contributed by atoms with E-state index in [2.05, 4.69) is 0 Å². The number of aliphatic hydroxyl groups is 1. The second kappa shape index (κ2) is 7.11. The van der Waals surface area contributed by atoms with Gasteiger partial charge in [-0.1, -0.05) is 11.6 Å². The van der Waals surface area contributed by atoms with Crippen molar-refractivity contribution in [2.75, 3.05) is 40.4 Å². The van der Waals surface area contributed by atoms with E-state index in [4.69, 9.17) is 16.3 Å². The molecule has 1 saturated heterocycles. The number of nitrogens with zero attached hydrogens (tertiary/aromatic N) is 2. The molecule has 0 aliphatic carbocycles. The molecular formula is C15H21ClN2O3. The molecule has 2 atom stereocenters. The van der Waals surface area contributed by atoms with Gasteiger partial charge in [0.2, 0.25) is 0 Å². The Morgan fingerprint density at radius 3 is 2.57 bits per heavy atom. The maximum atomic E-state index is 12.2. The van der Waals surface area contributed by atoms with Gasteiger partial charge in [-0.15, -0.1) is 0 Å². The summed E-state index contributed by atoms with van der Waals surface area (Å²) in [5.41, 5.74) is 0. The fourth-order valence-corrected chi connectivity index (χ4v) is 2.72. The highest BCUT2D eigenvalue weighted by molar-refractivity contribution is 6.30. The third-order valence-corrected chi connectivity index (χ3v) is 4.08. The molecule has 6 heteroatoms. The van der Waals surface area contributed by atoms with Crippen LogP contribution in [-0.2, 0) is 4.79 Å². The van der Waals surface area contributed by atoms with Gasteiger partial charge < -0.3 is 19.6 Å². The average Bonchev–Trinajstić information content (AvgIpc) is 2.91. The van der Waals surface area contributed by atoms with Crippen molar-refractivity contribution in [1.29, 1.82) is 0 Å². The van der Waals surface area contributed by atoms with E-state index in [-0.39, 0.29) is 31.1 Å². The van der Waals surface area contributed by atoms with Crippen LogP contribution in [0.1, 0.15) is 0 Å². The third kappa shape index (κ3) is 4.09. The predicted octanol–water partition coefficient (Wildman–Crippen LogP) is 1.10. The number of aliphatic hydroxyl groups excluding tert-OH is 1. The minimum atomic E-state index is -0.0623. The third-order valence-electron chi connectivity index (χ3n) is 3.83. The lowest BCUT2D eigenvalue weighted by Crippen LogP contribution is -2.38. The van der Waals surface area contributed by atoms with E-state index < -0.39 is 0 Å². The Bertz CT molecular complexity index is 478. The zero-order valence-electron chi connectivity index (χ0n) is 12.3. The van der Waals surface area contributed by atoms with Gasteiger partial charge >= 0.3 is 0 Å². The first-order valence-corrected chi connectivity index (χ1v) is 7.32. The van der Waals surface area contributed by atoms with Crippen molar-refractivity contribution >= 4 is 17.5 Å². The van der Waals surface area contributed by atoms with Gasteiger partial charge in [0.15, 0.2) is 6.61 Å². The van der Waals surface area contributed by atoms with Crippen molar-refractivity contribution in [2.45, 2.75) is 6.04 Å². The van der Waals surface area contributed by atoms with E-state index in [1.807, 2.05) is 19.0 Å². The first kappa shape index (κ1) is 16.1. The monoisotopic (exact) mass is 312 g/mol. The van der Waals surface area contributed by atoms with Crippen LogP contribution in [0.4, 0.5) is 0 Å². The number of hydrogen-bond donors (Lipinski definition) is 1. The summed E-state index contributed by atoms with van der Waals surface area (Å²) in [6.45, 7) is 1.29. The molecule has 1 N–H and O–H groups in total. The van der Waals surface area contributed by atoms with Crippen LogP contribution in [0.15, 0.2) is 24.3 Å². The lowest BCUT2D eigenvalue weighted by Gasteiger charge is -2.23. The Kier molecular flexibility index (Phi) is 5.45. The van der Waals surface area contributed by atoms with Gasteiger partial charge in [0.25, 0.3) is 5.91 Å². The predicted molar refractivity (Wildman–Crippen MR) is 81.6 cm³/mol. The van der Waals surface area contributed by atoms with Gasteiger partial charge in [0.1, 0.15) is 5.75 Å². The molecule has 1 aromatic rings. The van der Waals surface area contributed by atoms with Gasteiger partial charge in [-0.3, -0.25) is 4.79 Å². The first-order valence-electron chi connectivity index (χ1n) is 6.94. The summed E-state index contributed by atoms with van der Waals surface area (Å²) in [4.78, 5) is 16.0. The normalized spacial score (nSPS) is 21.9. The van der Waals surface area contributed by atoms with Gasteiger partial charge in [0.05, 0.1) is 0 Å². The fraction of sp³-hybridized carbons (Fsp3) is 0.533. The number of ether oxygens (including phenoxy) is 1. The largest absolute Gasteiger partial charge is 0.484 e. The fourth-order valence-electron chi connectivity index (χ4n) is 2.59. The molecule has 0 unspecified atom stereocenters. The van der Waals surface area contributed by atoms with Crippen LogP contribution in [0.5, 0.6) is 5.75 Å². The molecule has 1 fully saturated rings. The molecule has 0 saturated carbocycles. The van der Waals surface area contributed by atoms with Crippen molar-refractivity contribution in [3.8, 4) is 5.75 Å². The van der Waals surface area contributed by atoms with Gasteiger partial charge in [-0.05, 0) is 38.4 Å². The van der Waals surface area contributed by atoms with E-state index >= 15 is 0 Å².